The molecule has 0 N–H and O–H groups in total. The van der Waals surface area contributed by atoms with Crippen molar-refractivity contribution in [3.63, 3.8) is 0 Å². The van der Waals surface area contributed by atoms with Crippen LogP contribution in [-0.4, -0.2) is 42.7 Å². The van der Waals surface area contributed by atoms with E-state index in [1.165, 1.54) is 0 Å². The lowest BCUT2D eigenvalue weighted by Gasteiger charge is -2.26. The lowest BCUT2D eigenvalue weighted by molar-refractivity contribution is 0.345. The van der Waals surface area contributed by atoms with Crippen molar-refractivity contribution in [2.75, 3.05) is 42.7 Å². The molecule has 170 valence electrons. The molecule has 0 amide bonds. The van der Waals surface area contributed by atoms with E-state index in [1.807, 2.05) is 42.5 Å². The fraction of sp³-hybridized carbons (Fsp3) is 0.280. The molecular formula is C25H27BrO6. The molecule has 6 nitrogen and oxygen atoms in total. The summed E-state index contributed by atoms with van der Waals surface area (Å²) in [5.41, 5.74) is 2.77. The van der Waals surface area contributed by atoms with Gasteiger partial charge in [-0.25, -0.2) is 0 Å². The first-order valence-electron chi connectivity index (χ1n) is 9.87. The zero-order valence-corrected chi connectivity index (χ0v) is 20.6. The van der Waals surface area contributed by atoms with E-state index in [4.69, 9.17) is 28.4 Å². The van der Waals surface area contributed by atoms with Crippen molar-refractivity contribution in [3.05, 3.63) is 69.7 Å². The van der Waals surface area contributed by atoms with Crippen molar-refractivity contribution in [1.82, 2.24) is 0 Å². The minimum Gasteiger partial charge on any atom is -0.496 e. The second-order valence-corrected chi connectivity index (χ2v) is 7.71. The molecule has 7 heteroatoms. The Kier molecular flexibility index (Phi) is 7.75. The number of ether oxygens (including phenoxy) is 6. The van der Waals surface area contributed by atoms with Crippen molar-refractivity contribution in [1.29, 1.82) is 0 Å². The second-order valence-electron chi connectivity index (χ2n) is 6.85. The monoisotopic (exact) mass is 502 g/mol. The third-order valence-corrected chi connectivity index (χ3v) is 6.03. The maximum atomic E-state index is 5.78. The summed E-state index contributed by atoms with van der Waals surface area (Å²) in [6, 6.07) is 15.5. The summed E-state index contributed by atoms with van der Waals surface area (Å²) < 4.78 is 34.7. The maximum Gasteiger partial charge on any atom is 0.164 e. The Morgan fingerprint density at radius 2 is 0.875 bits per heavy atom. The Balaban J connectivity index is 2.40. The quantitative estimate of drug-likeness (QED) is 0.350. The van der Waals surface area contributed by atoms with Crippen LogP contribution in [-0.2, 0) is 0 Å². The molecule has 3 aromatic rings. The van der Waals surface area contributed by atoms with Crippen LogP contribution in [0.25, 0.3) is 0 Å². The van der Waals surface area contributed by atoms with E-state index in [9.17, 15) is 0 Å². The van der Waals surface area contributed by atoms with Crippen LogP contribution >= 0.6 is 15.9 Å². The summed E-state index contributed by atoms with van der Waals surface area (Å²) in [7, 11) is 9.68. The third kappa shape index (κ3) is 4.43. The second kappa shape index (κ2) is 10.5. The maximum absolute atomic E-state index is 5.78. The van der Waals surface area contributed by atoms with E-state index in [0.29, 0.717) is 34.5 Å². The number of hydrogen-bond donors (Lipinski definition) is 0. The van der Waals surface area contributed by atoms with Gasteiger partial charge in [-0.2, -0.15) is 0 Å². The number of rotatable bonds is 9. The first-order valence-corrected chi connectivity index (χ1v) is 10.7. The lowest BCUT2D eigenvalue weighted by atomic mass is 9.83. The van der Waals surface area contributed by atoms with Crippen LogP contribution in [0.4, 0.5) is 0 Å². The SMILES string of the molecule is COc1cc(OC)c(C(c2ccccc2Br)c2cc(OC)c(OC)cc2OC)cc1OC. The van der Waals surface area contributed by atoms with E-state index in [2.05, 4.69) is 22.0 Å². The minimum absolute atomic E-state index is 0.282. The average Bonchev–Trinajstić information content (AvgIpc) is 2.84. The summed E-state index contributed by atoms with van der Waals surface area (Å²) >= 11 is 3.72. The molecule has 0 aliphatic rings. The lowest BCUT2D eigenvalue weighted by Crippen LogP contribution is -2.09. The van der Waals surface area contributed by atoms with E-state index in [1.54, 1.807) is 42.7 Å². The number of halogens is 1. The summed E-state index contributed by atoms with van der Waals surface area (Å²) in [5, 5.41) is 0. The van der Waals surface area contributed by atoms with Gasteiger partial charge in [0.15, 0.2) is 23.0 Å². The van der Waals surface area contributed by atoms with Gasteiger partial charge in [0.1, 0.15) is 11.5 Å². The highest BCUT2D eigenvalue weighted by Gasteiger charge is 2.29. The van der Waals surface area contributed by atoms with Gasteiger partial charge >= 0.3 is 0 Å². The van der Waals surface area contributed by atoms with Crippen LogP contribution in [0, 0.1) is 0 Å². The van der Waals surface area contributed by atoms with Crippen LogP contribution in [0.1, 0.15) is 22.6 Å². The van der Waals surface area contributed by atoms with Crippen LogP contribution in [0.2, 0.25) is 0 Å². The zero-order chi connectivity index (χ0) is 23.3. The normalized spacial score (nSPS) is 10.6. The first-order chi connectivity index (χ1) is 15.5. The fourth-order valence-corrected chi connectivity index (χ4v) is 4.28. The Morgan fingerprint density at radius 3 is 1.25 bits per heavy atom. The topological polar surface area (TPSA) is 55.4 Å². The van der Waals surface area contributed by atoms with Crippen LogP contribution < -0.4 is 28.4 Å². The highest BCUT2D eigenvalue weighted by atomic mass is 79.9. The highest BCUT2D eigenvalue weighted by Crippen LogP contribution is 2.49. The molecule has 0 bridgehead atoms. The molecule has 0 spiro atoms. The molecule has 0 aromatic heterocycles. The molecule has 32 heavy (non-hydrogen) atoms. The van der Waals surface area contributed by atoms with Gasteiger partial charge in [0.05, 0.1) is 42.7 Å². The van der Waals surface area contributed by atoms with Gasteiger partial charge in [-0.1, -0.05) is 34.1 Å². The largest absolute Gasteiger partial charge is 0.496 e. The Hall–Kier alpha value is -3.06. The molecule has 0 radical (unpaired) electrons. The molecule has 0 aliphatic heterocycles. The molecule has 0 saturated heterocycles. The van der Waals surface area contributed by atoms with Crippen molar-refractivity contribution in [3.8, 4) is 34.5 Å². The minimum atomic E-state index is -0.282. The molecule has 0 fully saturated rings. The third-order valence-electron chi connectivity index (χ3n) is 5.31. The molecule has 0 heterocycles. The first kappa shape index (κ1) is 23.6. The Labute approximate surface area is 197 Å². The standard InChI is InChI=1S/C25H27BrO6/c1-27-19-13-23(31-5)21(29-3)11-16(19)25(15-9-7-8-10-18(15)26)17-12-22(30-4)24(32-6)14-20(17)28-2/h7-14,25H,1-6H3. The Morgan fingerprint density at radius 1 is 0.500 bits per heavy atom. The van der Waals surface area contributed by atoms with Gasteiger partial charge in [-0.15, -0.1) is 0 Å². The van der Waals surface area contributed by atoms with Gasteiger partial charge in [-0.3, -0.25) is 0 Å². The van der Waals surface area contributed by atoms with Gasteiger partial charge < -0.3 is 28.4 Å². The highest BCUT2D eigenvalue weighted by molar-refractivity contribution is 9.10. The van der Waals surface area contributed by atoms with E-state index < -0.39 is 0 Å². The van der Waals surface area contributed by atoms with Gasteiger partial charge in [-0.05, 0) is 23.8 Å². The van der Waals surface area contributed by atoms with Crippen molar-refractivity contribution in [2.24, 2.45) is 0 Å². The van der Waals surface area contributed by atoms with E-state index >= 15 is 0 Å². The van der Waals surface area contributed by atoms with Crippen LogP contribution in [0.3, 0.4) is 0 Å². The summed E-state index contributed by atoms with van der Waals surface area (Å²) in [4.78, 5) is 0. The molecule has 0 saturated carbocycles. The predicted octanol–water partition coefficient (Wildman–Crippen LogP) is 5.68. The average molecular weight is 503 g/mol. The van der Waals surface area contributed by atoms with E-state index in [-0.39, 0.29) is 5.92 Å². The van der Waals surface area contributed by atoms with Crippen molar-refractivity contribution in [2.45, 2.75) is 5.92 Å². The number of hydrogen-bond acceptors (Lipinski definition) is 6. The molecule has 0 atom stereocenters. The molecule has 0 aliphatic carbocycles. The molecule has 3 rings (SSSR count). The number of methoxy groups -OCH3 is 6. The Bertz CT molecular complexity index is 1020. The smallest absolute Gasteiger partial charge is 0.164 e. The number of benzene rings is 3. The van der Waals surface area contributed by atoms with Crippen LogP contribution in [0.15, 0.2) is 53.0 Å². The predicted molar refractivity (Wildman–Crippen MR) is 127 cm³/mol. The van der Waals surface area contributed by atoms with Crippen molar-refractivity contribution >= 4 is 15.9 Å². The van der Waals surface area contributed by atoms with Gasteiger partial charge in [0, 0.05) is 33.7 Å². The van der Waals surface area contributed by atoms with Crippen molar-refractivity contribution < 1.29 is 28.4 Å². The van der Waals surface area contributed by atoms with E-state index in [0.717, 1.165) is 21.2 Å². The molecular weight excluding hydrogens is 476 g/mol. The fourth-order valence-electron chi connectivity index (χ4n) is 3.77. The zero-order valence-electron chi connectivity index (χ0n) is 19.0. The van der Waals surface area contributed by atoms with Crippen LogP contribution in [0.5, 0.6) is 34.5 Å². The molecule has 0 unspecified atom stereocenters. The molecule has 3 aromatic carbocycles. The summed E-state index contributed by atoms with van der Waals surface area (Å²) in [6.07, 6.45) is 0. The van der Waals surface area contributed by atoms with Gasteiger partial charge in [0.2, 0.25) is 0 Å². The summed E-state index contributed by atoms with van der Waals surface area (Å²) in [6.45, 7) is 0. The summed E-state index contributed by atoms with van der Waals surface area (Å²) in [5.74, 6) is 3.38. The van der Waals surface area contributed by atoms with Gasteiger partial charge in [0.25, 0.3) is 0 Å².